The van der Waals surface area contributed by atoms with Crippen molar-refractivity contribution in [3.63, 3.8) is 0 Å². The van der Waals surface area contributed by atoms with Crippen LogP contribution in [0.25, 0.3) is 16.9 Å². The number of alkyl halides is 3. The maximum absolute atomic E-state index is 13.4. The first-order valence-corrected chi connectivity index (χ1v) is 8.27. The van der Waals surface area contributed by atoms with Crippen molar-refractivity contribution in [2.24, 2.45) is 11.3 Å². The van der Waals surface area contributed by atoms with Crippen molar-refractivity contribution in [1.82, 2.24) is 24.6 Å². The zero-order chi connectivity index (χ0) is 19.0. The molecule has 3 aromatic heterocycles. The molecule has 1 saturated carbocycles. The lowest BCUT2D eigenvalue weighted by Crippen LogP contribution is -2.33. The van der Waals surface area contributed by atoms with E-state index >= 15 is 0 Å². The Morgan fingerprint density at radius 2 is 2.11 bits per heavy atom. The molecule has 2 unspecified atom stereocenters. The third-order valence-electron chi connectivity index (χ3n) is 5.49. The molecule has 5 rings (SSSR count). The molecule has 3 aromatic rings. The molecule has 2 N–H and O–H groups in total. The quantitative estimate of drug-likeness (QED) is 0.697. The van der Waals surface area contributed by atoms with Crippen LogP contribution in [0.5, 0.6) is 0 Å². The van der Waals surface area contributed by atoms with Crippen molar-refractivity contribution in [2.45, 2.75) is 12.6 Å². The average molecular weight is 378 g/mol. The smallest absolute Gasteiger partial charge is 0.367 e. The molecule has 2 aliphatic rings. The fraction of sp³-hybridized carbons (Fsp3) is 0.375. The van der Waals surface area contributed by atoms with Crippen LogP contribution in [0.4, 0.5) is 18.9 Å². The largest absolute Gasteiger partial charge is 0.396 e. The second-order valence-electron chi connectivity index (χ2n) is 7.03. The third kappa shape index (κ3) is 2.23. The van der Waals surface area contributed by atoms with Crippen LogP contribution in [-0.4, -0.2) is 43.8 Å². The Kier molecular flexibility index (Phi) is 2.97. The molecular weight excluding hydrogens is 365 g/mol. The van der Waals surface area contributed by atoms with Crippen LogP contribution in [0.3, 0.4) is 0 Å². The summed E-state index contributed by atoms with van der Waals surface area (Å²) in [6.45, 7) is 0.128. The highest BCUT2D eigenvalue weighted by atomic mass is 19.4. The van der Waals surface area contributed by atoms with Gasteiger partial charge >= 0.3 is 11.9 Å². The lowest BCUT2D eigenvalue weighted by atomic mass is 10.1. The Morgan fingerprint density at radius 1 is 1.30 bits per heavy atom. The lowest BCUT2D eigenvalue weighted by molar-refractivity contribution is -0.184. The number of aromatic nitrogens is 5. The molecule has 27 heavy (non-hydrogen) atoms. The number of H-pyrrole nitrogens is 2. The fourth-order valence-corrected chi connectivity index (χ4v) is 3.97. The number of nitrogens with one attached hydrogen (secondary N) is 2. The summed E-state index contributed by atoms with van der Waals surface area (Å²) in [5.74, 6) is -0.430. The summed E-state index contributed by atoms with van der Waals surface area (Å²) in [5, 5.41) is 4.29. The molecule has 11 heteroatoms. The molecule has 4 heterocycles. The molecule has 0 aromatic carbocycles. The molecule has 140 valence electrons. The lowest BCUT2D eigenvalue weighted by Gasteiger charge is -2.25. The van der Waals surface area contributed by atoms with Crippen molar-refractivity contribution < 1.29 is 13.2 Å². The van der Waals surface area contributed by atoms with E-state index in [1.807, 2.05) is 0 Å². The molecular formula is C16H13F3N6O2. The van der Waals surface area contributed by atoms with E-state index in [2.05, 4.69) is 20.1 Å². The van der Waals surface area contributed by atoms with Crippen molar-refractivity contribution in [2.75, 3.05) is 18.0 Å². The van der Waals surface area contributed by atoms with E-state index in [9.17, 15) is 22.8 Å². The number of anilines is 1. The summed E-state index contributed by atoms with van der Waals surface area (Å²) in [6.07, 6.45) is 0.176. The fourth-order valence-electron chi connectivity index (χ4n) is 3.97. The van der Waals surface area contributed by atoms with Crippen molar-refractivity contribution in [3.8, 4) is 11.3 Å². The number of hydrogen-bond acceptors (Lipinski definition) is 5. The number of fused-ring (bicyclic) bond motifs is 2. The Labute approximate surface area is 148 Å². The highest BCUT2D eigenvalue weighted by Crippen LogP contribution is 2.66. The van der Waals surface area contributed by atoms with Gasteiger partial charge in [-0.25, -0.2) is 14.3 Å². The molecule has 1 aliphatic carbocycles. The molecule has 1 aliphatic heterocycles. The van der Waals surface area contributed by atoms with Crippen molar-refractivity contribution >= 4 is 11.3 Å². The number of halogens is 3. The zero-order valence-electron chi connectivity index (χ0n) is 13.7. The molecule has 0 radical (unpaired) electrons. The van der Waals surface area contributed by atoms with Gasteiger partial charge in [0.25, 0.3) is 5.56 Å². The van der Waals surface area contributed by atoms with E-state index in [4.69, 9.17) is 0 Å². The van der Waals surface area contributed by atoms with Crippen molar-refractivity contribution in [3.05, 3.63) is 45.5 Å². The van der Waals surface area contributed by atoms with E-state index in [-0.39, 0.29) is 30.8 Å². The van der Waals surface area contributed by atoms with E-state index in [1.54, 1.807) is 17.2 Å². The van der Waals surface area contributed by atoms with Gasteiger partial charge in [-0.05, 0) is 18.4 Å². The van der Waals surface area contributed by atoms with Gasteiger partial charge in [0.1, 0.15) is 5.69 Å². The Bertz CT molecular complexity index is 1180. The van der Waals surface area contributed by atoms with Crippen LogP contribution in [0.1, 0.15) is 6.42 Å². The van der Waals surface area contributed by atoms with Gasteiger partial charge in [-0.1, -0.05) is 0 Å². The van der Waals surface area contributed by atoms with E-state index < -0.39 is 28.8 Å². The molecule has 2 atom stereocenters. The van der Waals surface area contributed by atoms with Crippen LogP contribution in [-0.2, 0) is 0 Å². The molecule has 1 saturated heterocycles. The van der Waals surface area contributed by atoms with E-state index in [1.165, 1.54) is 16.9 Å². The predicted octanol–water partition coefficient (Wildman–Crippen LogP) is 1.16. The van der Waals surface area contributed by atoms with Gasteiger partial charge in [0.2, 0.25) is 0 Å². The first-order chi connectivity index (χ1) is 12.8. The van der Waals surface area contributed by atoms with Crippen LogP contribution < -0.4 is 16.1 Å². The minimum atomic E-state index is -4.25. The summed E-state index contributed by atoms with van der Waals surface area (Å²) in [7, 11) is 0. The van der Waals surface area contributed by atoms with Crippen LogP contribution >= 0.6 is 0 Å². The number of hydrogen-bond donors (Lipinski definition) is 2. The number of imidazole rings is 1. The van der Waals surface area contributed by atoms with Gasteiger partial charge in [0, 0.05) is 31.7 Å². The normalized spacial score (nSPS) is 24.4. The molecule has 2 fully saturated rings. The van der Waals surface area contributed by atoms with E-state index in [0.29, 0.717) is 11.3 Å². The van der Waals surface area contributed by atoms with Gasteiger partial charge in [-0.2, -0.15) is 18.3 Å². The summed E-state index contributed by atoms with van der Waals surface area (Å²) in [4.78, 5) is 33.6. The SMILES string of the molecule is O=c1[nH]cc(-c2cc(N3CC4CC4(C(F)(F)F)C3)c3nccn3n2)c(=O)[nH]1. The zero-order valence-corrected chi connectivity index (χ0v) is 13.7. The van der Waals surface area contributed by atoms with Crippen LogP contribution in [0.2, 0.25) is 0 Å². The Hall–Kier alpha value is -3.11. The average Bonchev–Trinajstić information content (AvgIpc) is 2.96. The molecule has 0 spiro atoms. The second kappa shape index (κ2) is 4.99. The molecule has 0 amide bonds. The monoisotopic (exact) mass is 378 g/mol. The Morgan fingerprint density at radius 3 is 2.81 bits per heavy atom. The van der Waals surface area contributed by atoms with Gasteiger partial charge in [-0.15, -0.1) is 0 Å². The maximum atomic E-state index is 13.4. The number of aromatic amines is 2. The number of piperidine rings is 1. The molecule has 0 bridgehead atoms. The summed E-state index contributed by atoms with van der Waals surface area (Å²) < 4.78 is 41.7. The number of rotatable bonds is 2. The van der Waals surface area contributed by atoms with Gasteiger partial charge in [-0.3, -0.25) is 9.78 Å². The minimum absolute atomic E-state index is 0.112. The highest BCUT2D eigenvalue weighted by Gasteiger charge is 2.74. The summed E-state index contributed by atoms with van der Waals surface area (Å²) in [6, 6.07) is 1.54. The first kappa shape index (κ1) is 16.1. The first-order valence-electron chi connectivity index (χ1n) is 8.27. The predicted molar refractivity (Wildman–Crippen MR) is 88.5 cm³/mol. The second-order valence-corrected chi connectivity index (χ2v) is 7.03. The standard InChI is InChI=1S/C16H13F3N6O2/c17-16(18,19)15-4-8(15)6-24(7-15)11-3-10(23-25-2-1-20-12(11)25)9-5-21-14(27)22-13(9)26/h1-3,5,8H,4,6-7H2,(H2,21,22,26,27). The van der Waals surface area contributed by atoms with Crippen LogP contribution in [0, 0.1) is 11.3 Å². The van der Waals surface area contributed by atoms with Gasteiger partial charge in [0.15, 0.2) is 5.65 Å². The van der Waals surface area contributed by atoms with Crippen molar-refractivity contribution in [1.29, 1.82) is 0 Å². The van der Waals surface area contributed by atoms with Gasteiger partial charge < -0.3 is 9.88 Å². The molecule has 8 nitrogen and oxygen atoms in total. The number of nitrogens with zero attached hydrogens (tertiary/aromatic N) is 4. The minimum Gasteiger partial charge on any atom is -0.367 e. The summed E-state index contributed by atoms with van der Waals surface area (Å²) >= 11 is 0. The maximum Gasteiger partial charge on any atom is 0.396 e. The topological polar surface area (TPSA) is 99.2 Å². The third-order valence-corrected chi connectivity index (χ3v) is 5.49. The van der Waals surface area contributed by atoms with Crippen LogP contribution in [0.15, 0.2) is 34.2 Å². The van der Waals surface area contributed by atoms with Gasteiger partial charge in [0.05, 0.1) is 16.7 Å². The van der Waals surface area contributed by atoms with E-state index in [0.717, 1.165) is 0 Å². The Balaban J connectivity index is 1.62. The highest BCUT2D eigenvalue weighted by molar-refractivity contribution is 5.75. The summed E-state index contributed by atoms with van der Waals surface area (Å²) in [5.41, 5.74) is -1.71.